The Morgan fingerprint density at radius 3 is 2.65 bits per heavy atom. The second-order valence-corrected chi connectivity index (χ2v) is 5.34. The Morgan fingerprint density at radius 2 is 2.12 bits per heavy atom. The minimum Gasteiger partial charge on any atom is -0.385 e. The molecule has 0 aromatic carbocycles. The van der Waals surface area contributed by atoms with Gasteiger partial charge in [-0.3, -0.25) is 4.99 Å². The second-order valence-electron chi connectivity index (χ2n) is 5.34. The molecule has 98 valence electrons. The maximum Gasteiger partial charge on any atom is 0.190 e. The fourth-order valence-corrected chi connectivity index (χ4v) is 2.49. The van der Waals surface area contributed by atoms with E-state index in [1.807, 2.05) is 7.05 Å². The first-order chi connectivity index (χ1) is 8.30. The van der Waals surface area contributed by atoms with E-state index < -0.39 is 0 Å². The zero-order valence-corrected chi connectivity index (χ0v) is 11.1. The molecule has 0 unspecified atom stereocenters. The average molecular weight is 239 g/mol. The van der Waals surface area contributed by atoms with Crippen LogP contribution < -0.4 is 10.6 Å². The number of rotatable bonds is 7. The van der Waals surface area contributed by atoms with Crippen LogP contribution >= 0.6 is 0 Å². The van der Waals surface area contributed by atoms with Gasteiger partial charge < -0.3 is 15.4 Å². The first-order valence-electron chi connectivity index (χ1n) is 6.74. The summed E-state index contributed by atoms with van der Waals surface area (Å²) in [5.41, 5.74) is 0.629. The smallest absolute Gasteiger partial charge is 0.190 e. The second kappa shape index (κ2) is 5.71. The van der Waals surface area contributed by atoms with Gasteiger partial charge in [-0.1, -0.05) is 0 Å². The van der Waals surface area contributed by atoms with Crippen LogP contribution in [0.25, 0.3) is 0 Å². The van der Waals surface area contributed by atoms with Crippen molar-refractivity contribution in [2.75, 3.05) is 33.9 Å². The summed E-state index contributed by atoms with van der Waals surface area (Å²) in [5, 5.41) is 6.79. The summed E-state index contributed by atoms with van der Waals surface area (Å²) >= 11 is 0. The predicted molar refractivity (Wildman–Crippen MR) is 70.2 cm³/mol. The average Bonchev–Trinajstić information content (AvgIpc) is 3.18. The fraction of sp³-hybridized carbons (Fsp3) is 0.923. The Morgan fingerprint density at radius 1 is 1.35 bits per heavy atom. The van der Waals surface area contributed by atoms with Crippen molar-refractivity contribution >= 4 is 5.96 Å². The number of hydrogen-bond acceptors (Lipinski definition) is 2. The summed E-state index contributed by atoms with van der Waals surface area (Å²) in [5.74, 6) is 1.94. The van der Waals surface area contributed by atoms with E-state index in [0.717, 1.165) is 38.0 Å². The molecule has 4 heteroatoms. The van der Waals surface area contributed by atoms with Crippen LogP contribution in [-0.4, -0.2) is 39.8 Å². The highest BCUT2D eigenvalue weighted by molar-refractivity contribution is 5.79. The molecule has 0 aromatic heterocycles. The van der Waals surface area contributed by atoms with Crippen molar-refractivity contribution in [3.8, 4) is 0 Å². The monoisotopic (exact) mass is 239 g/mol. The van der Waals surface area contributed by atoms with Gasteiger partial charge in [0.2, 0.25) is 0 Å². The highest BCUT2D eigenvalue weighted by Crippen LogP contribution is 2.60. The predicted octanol–water partition coefficient (Wildman–Crippen LogP) is 1.38. The Kier molecular flexibility index (Phi) is 4.26. The largest absolute Gasteiger partial charge is 0.385 e. The highest BCUT2D eigenvalue weighted by atomic mass is 16.5. The topological polar surface area (TPSA) is 45.7 Å². The van der Waals surface area contributed by atoms with Crippen molar-refractivity contribution in [1.82, 2.24) is 10.6 Å². The molecule has 4 nitrogen and oxygen atoms in total. The molecule has 0 saturated heterocycles. The van der Waals surface area contributed by atoms with Crippen LogP contribution in [0, 0.1) is 11.3 Å². The molecular weight excluding hydrogens is 214 g/mol. The Balaban J connectivity index is 1.62. The molecule has 2 aliphatic carbocycles. The molecule has 0 atom stereocenters. The van der Waals surface area contributed by atoms with E-state index >= 15 is 0 Å². The first kappa shape index (κ1) is 12.7. The Bertz CT molecular complexity index is 270. The third kappa shape index (κ3) is 3.60. The maximum absolute atomic E-state index is 5.02. The van der Waals surface area contributed by atoms with Gasteiger partial charge >= 0.3 is 0 Å². The molecule has 2 fully saturated rings. The molecule has 2 N–H and O–H groups in total. The molecule has 2 aliphatic rings. The van der Waals surface area contributed by atoms with Crippen molar-refractivity contribution in [3.63, 3.8) is 0 Å². The zero-order chi connectivity index (χ0) is 12.1. The van der Waals surface area contributed by atoms with E-state index in [4.69, 9.17) is 4.74 Å². The molecule has 0 bridgehead atoms. The van der Waals surface area contributed by atoms with Crippen molar-refractivity contribution in [3.05, 3.63) is 0 Å². The molecular formula is C13H25N3O. The van der Waals surface area contributed by atoms with Gasteiger partial charge in [0.1, 0.15) is 0 Å². The summed E-state index contributed by atoms with van der Waals surface area (Å²) in [4.78, 5) is 4.25. The van der Waals surface area contributed by atoms with Gasteiger partial charge in [-0.15, -0.1) is 0 Å². The van der Waals surface area contributed by atoms with E-state index in [2.05, 4.69) is 15.6 Å². The maximum atomic E-state index is 5.02. The number of ether oxygens (including phenoxy) is 1. The third-order valence-corrected chi connectivity index (χ3v) is 3.98. The van der Waals surface area contributed by atoms with Crippen LogP contribution in [0.15, 0.2) is 4.99 Å². The normalized spacial score (nSPS) is 22.4. The van der Waals surface area contributed by atoms with Crippen LogP contribution in [-0.2, 0) is 4.74 Å². The third-order valence-electron chi connectivity index (χ3n) is 3.98. The van der Waals surface area contributed by atoms with Crippen LogP contribution in [0.2, 0.25) is 0 Å². The fourth-order valence-electron chi connectivity index (χ4n) is 2.49. The Labute approximate surface area is 104 Å². The molecule has 0 aliphatic heterocycles. The lowest BCUT2D eigenvalue weighted by atomic mass is 10.0. The van der Waals surface area contributed by atoms with Gasteiger partial charge in [-0.25, -0.2) is 0 Å². The minimum atomic E-state index is 0.629. The molecule has 0 spiro atoms. The number of aliphatic imine (C=N–C) groups is 1. The summed E-state index contributed by atoms with van der Waals surface area (Å²) in [7, 11) is 3.57. The lowest BCUT2D eigenvalue weighted by Gasteiger charge is -2.17. The molecule has 2 saturated carbocycles. The molecule has 0 aromatic rings. The first-order valence-corrected chi connectivity index (χ1v) is 6.74. The molecule has 17 heavy (non-hydrogen) atoms. The van der Waals surface area contributed by atoms with Crippen LogP contribution in [0.3, 0.4) is 0 Å². The quantitative estimate of drug-likeness (QED) is 0.401. The Hall–Kier alpha value is -0.770. The van der Waals surface area contributed by atoms with Crippen LogP contribution in [0.4, 0.5) is 0 Å². The van der Waals surface area contributed by atoms with Gasteiger partial charge in [-0.2, -0.15) is 0 Å². The molecule has 0 radical (unpaired) electrons. The van der Waals surface area contributed by atoms with Gasteiger partial charge in [0, 0.05) is 33.9 Å². The van der Waals surface area contributed by atoms with Crippen LogP contribution in [0.5, 0.6) is 0 Å². The number of nitrogens with one attached hydrogen (secondary N) is 2. The zero-order valence-electron chi connectivity index (χ0n) is 11.1. The number of nitrogens with zero attached hydrogens (tertiary/aromatic N) is 1. The van der Waals surface area contributed by atoms with E-state index in [0.29, 0.717) is 5.41 Å². The molecule has 0 amide bonds. The number of methoxy groups -OCH3 is 1. The lowest BCUT2D eigenvalue weighted by Crippen LogP contribution is -2.41. The minimum absolute atomic E-state index is 0.629. The van der Waals surface area contributed by atoms with Gasteiger partial charge in [0.15, 0.2) is 5.96 Å². The van der Waals surface area contributed by atoms with Crippen molar-refractivity contribution < 1.29 is 4.74 Å². The molecule has 2 rings (SSSR count). The van der Waals surface area contributed by atoms with Gasteiger partial charge in [-0.05, 0) is 43.4 Å². The SMILES string of the molecule is CN=C(NCCCOC)NCC1(C2CC2)CC1. The number of hydrogen-bond donors (Lipinski definition) is 2. The van der Waals surface area contributed by atoms with Crippen molar-refractivity contribution in [1.29, 1.82) is 0 Å². The van der Waals surface area contributed by atoms with E-state index in [9.17, 15) is 0 Å². The van der Waals surface area contributed by atoms with Crippen LogP contribution in [0.1, 0.15) is 32.1 Å². The summed E-state index contributed by atoms with van der Waals surface area (Å²) in [6.07, 6.45) is 6.73. The van der Waals surface area contributed by atoms with Crippen molar-refractivity contribution in [2.45, 2.75) is 32.1 Å². The lowest BCUT2D eigenvalue weighted by molar-refractivity contribution is 0.195. The number of guanidine groups is 1. The molecule has 0 heterocycles. The van der Waals surface area contributed by atoms with Crippen molar-refractivity contribution in [2.24, 2.45) is 16.3 Å². The van der Waals surface area contributed by atoms with Gasteiger partial charge in [0.05, 0.1) is 0 Å². The van der Waals surface area contributed by atoms with E-state index in [1.165, 1.54) is 25.7 Å². The summed E-state index contributed by atoms with van der Waals surface area (Å²) in [6, 6.07) is 0. The standard InChI is InChI=1S/C13H25N3O/c1-14-12(15-8-3-9-17-2)16-10-13(6-7-13)11-4-5-11/h11H,3-10H2,1-2H3,(H2,14,15,16). The van der Waals surface area contributed by atoms with E-state index in [1.54, 1.807) is 7.11 Å². The summed E-state index contributed by atoms with van der Waals surface area (Å²) in [6.45, 7) is 2.82. The van der Waals surface area contributed by atoms with Gasteiger partial charge in [0.25, 0.3) is 0 Å². The van der Waals surface area contributed by atoms with E-state index in [-0.39, 0.29) is 0 Å². The summed E-state index contributed by atoms with van der Waals surface area (Å²) < 4.78 is 5.02. The highest BCUT2D eigenvalue weighted by Gasteiger charge is 2.53.